The molecule has 1 aliphatic rings. The standard InChI is InChI=1S/C14H24N2O4S/c1-4-15-9-12-8-13(11(2)20-12)21(17,18)16-10-14(19-3)6-5-7-14/h8,15-16H,4-7,9-10H2,1-3H3. The second-order valence-electron chi connectivity index (χ2n) is 5.48. The van der Waals surface area contributed by atoms with Crippen LogP contribution in [0.25, 0.3) is 0 Å². The molecule has 0 unspecified atom stereocenters. The first-order valence-corrected chi connectivity index (χ1v) is 8.75. The van der Waals surface area contributed by atoms with Crippen molar-refractivity contribution < 1.29 is 17.6 Å². The maximum Gasteiger partial charge on any atom is 0.244 e. The molecule has 1 fully saturated rings. The first-order chi connectivity index (χ1) is 9.92. The summed E-state index contributed by atoms with van der Waals surface area (Å²) in [6, 6.07) is 1.58. The molecule has 0 saturated heterocycles. The quantitative estimate of drug-likeness (QED) is 0.760. The highest BCUT2D eigenvalue weighted by Gasteiger charge is 2.38. The normalized spacial score (nSPS) is 17.7. The van der Waals surface area contributed by atoms with Crippen LogP contribution < -0.4 is 10.0 Å². The van der Waals surface area contributed by atoms with Gasteiger partial charge >= 0.3 is 0 Å². The lowest BCUT2D eigenvalue weighted by atomic mass is 9.80. The van der Waals surface area contributed by atoms with Crippen molar-refractivity contribution in [3.63, 3.8) is 0 Å². The number of furan rings is 1. The highest BCUT2D eigenvalue weighted by atomic mass is 32.2. The van der Waals surface area contributed by atoms with Gasteiger partial charge in [-0.05, 0) is 32.7 Å². The van der Waals surface area contributed by atoms with Gasteiger partial charge in [0.05, 0.1) is 12.1 Å². The van der Waals surface area contributed by atoms with Crippen LogP contribution in [0.5, 0.6) is 0 Å². The first-order valence-electron chi connectivity index (χ1n) is 7.27. The van der Waals surface area contributed by atoms with Gasteiger partial charge in [-0.25, -0.2) is 13.1 Å². The zero-order valence-corrected chi connectivity index (χ0v) is 13.7. The largest absolute Gasteiger partial charge is 0.464 e. The van der Waals surface area contributed by atoms with E-state index in [1.165, 1.54) is 0 Å². The molecule has 2 N–H and O–H groups in total. The molecule has 1 aromatic rings. The van der Waals surface area contributed by atoms with Gasteiger partial charge < -0.3 is 14.5 Å². The van der Waals surface area contributed by atoms with E-state index in [2.05, 4.69) is 10.0 Å². The van der Waals surface area contributed by atoms with Gasteiger partial charge in [0.1, 0.15) is 16.4 Å². The molecule has 21 heavy (non-hydrogen) atoms. The van der Waals surface area contributed by atoms with Crippen LogP contribution in [-0.2, 0) is 21.3 Å². The molecule has 0 bridgehead atoms. The van der Waals surface area contributed by atoms with E-state index in [4.69, 9.17) is 9.15 Å². The van der Waals surface area contributed by atoms with Gasteiger partial charge in [0.2, 0.25) is 10.0 Å². The third-order valence-electron chi connectivity index (χ3n) is 4.04. The summed E-state index contributed by atoms with van der Waals surface area (Å²) in [6.45, 7) is 5.28. The molecule has 1 aromatic heterocycles. The first kappa shape index (κ1) is 16.5. The van der Waals surface area contributed by atoms with E-state index in [1.807, 2.05) is 6.92 Å². The summed E-state index contributed by atoms with van der Waals surface area (Å²) in [5, 5.41) is 3.11. The van der Waals surface area contributed by atoms with Crippen molar-refractivity contribution in [3.8, 4) is 0 Å². The monoisotopic (exact) mass is 316 g/mol. The molecule has 120 valence electrons. The lowest BCUT2D eigenvalue weighted by molar-refractivity contribution is -0.0659. The summed E-state index contributed by atoms with van der Waals surface area (Å²) < 4.78 is 38.4. The summed E-state index contributed by atoms with van der Waals surface area (Å²) in [7, 11) is -1.94. The Kier molecular flexibility index (Phi) is 5.08. The highest BCUT2D eigenvalue weighted by molar-refractivity contribution is 7.89. The van der Waals surface area contributed by atoms with Crippen LogP contribution in [0.3, 0.4) is 0 Å². The predicted molar refractivity (Wildman–Crippen MR) is 79.6 cm³/mol. The van der Waals surface area contributed by atoms with E-state index >= 15 is 0 Å². The van der Waals surface area contributed by atoms with Crippen molar-refractivity contribution >= 4 is 10.0 Å². The number of hydrogen-bond acceptors (Lipinski definition) is 5. The molecular formula is C14H24N2O4S. The molecule has 0 aromatic carbocycles. The summed E-state index contributed by atoms with van der Waals surface area (Å²) >= 11 is 0. The van der Waals surface area contributed by atoms with Gasteiger partial charge in [-0.1, -0.05) is 6.92 Å². The zero-order chi connectivity index (χ0) is 15.5. The fourth-order valence-electron chi connectivity index (χ4n) is 2.45. The summed E-state index contributed by atoms with van der Waals surface area (Å²) in [5.41, 5.74) is -0.336. The van der Waals surface area contributed by atoms with Gasteiger partial charge in [0, 0.05) is 19.7 Å². The highest BCUT2D eigenvalue weighted by Crippen LogP contribution is 2.34. The maximum absolute atomic E-state index is 12.4. The second kappa shape index (κ2) is 6.48. The molecule has 7 heteroatoms. The Morgan fingerprint density at radius 3 is 2.67 bits per heavy atom. The van der Waals surface area contributed by atoms with Gasteiger partial charge in [0.25, 0.3) is 0 Å². The zero-order valence-electron chi connectivity index (χ0n) is 12.9. The minimum atomic E-state index is -3.57. The lowest BCUT2D eigenvalue weighted by Gasteiger charge is -2.40. The van der Waals surface area contributed by atoms with Gasteiger partial charge in [0.15, 0.2) is 0 Å². The molecular weight excluding hydrogens is 292 g/mol. The maximum atomic E-state index is 12.4. The van der Waals surface area contributed by atoms with Crippen molar-refractivity contribution in [1.29, 1.82) is 0 Å². The van der Waals surface area contributed by atoms with E-state index in [1.54, 1.807) is 20.1 Å². The Hall–Kier alpha value is -0.890. The Morgan fingerprint density at radius 2 is 2.14 bits per heavy atom. The van der Waals surface area contributed by atoms with E-state index in [9.17, 15) is 8.42 Å². The predicted octanol–water partition coefficient (Wildman–Crippen LogP) is 1.54. The molecule has 1 saturated carbocycles. The number of ether oxygens (including phenoxy) is 1. The second-order valence-corrected chi connectivity index (χ2v) is 7.21. The van der Waals surface area contributed by atoms with E-state index in [-0.39, 0.29) is 10.5 Å². The fraction of sp³-hybridized carbons (Fsp3) is 0.714. The third kappa shape index (κ3) is 3.66. The molecule has 0 spiro atoms. The topological polar surface area (TPSA) is 80.6 Å². The average Bonchev–Trinajstić information content (AvgIpc) is 2.77. The van der Waals surface area contributed by atoms with E-state index < -0.39 is 10.0 Å². The Balaban J connectivity index is 2.06. The Morgan fingerprint density at radius 1 is 1.43 bits per heavy atom. The minimum Gasteiger partial charge on any atom is -0.464 e. The van der Waals surface area contributed by atoms with Crippen LogP contribution in [0.4, 0.5) is 0 Å². The third-order valence-corrected chi connectivity index (χ3v) is 5.55. The number of aryl methyl sites for hydroxylation is 1. The van der Waals surface area contributed by atoms with Crippen molar-refractivity contribution in [2.24, 2.45) is 0 Å². The number of nitrogens with one attached hydrogen (secondary N) is 2. The van der Waals surface area contributed by atoms with Gasteiger partial charge in [-0.2, -0.15) is 0 Å². The molecule has 6 nitrogen and oxygen atoms in total. The van der Waals surface area contributed by atoms with Crippen LogP contribution in [0.1, 0.15) is 37.7 Å². The van der Waals surface area contributed by atoms with Crippen molar-refractivity contribution in [1.82, 2.24) is 10.0 Å². The number of hydrogen-bond donors (Lipinski definition) is 2. The van der Waals surface area contributed by atoms with Crippen LogP contribution in [0.2, 0.25) is 0 Å². The summed E-state index contributed by atoms with van der Waals surface area (Å²) in [6.07, 6.45) is 2.86. The number of methoxy groups -OCH3 is 1. The molecule has 1 heterocycles. The molecule has 1 aliphatic carbocycles. The lowest BCUT2D eigenvalue weighted by Crippen LogP contribution is -2.49. The van der Waals surface area contributed by atoms with Crippen LogP contribution in [-0.4, -0.2) is 34.2 Å². The van der Waals surface area contributed by atoms with Crippen LogP contribution >= 0.6 is 0 Å². The minimum absolute atomic E-state index is 0.209. The van der Waals surface area contributed by atoms with Crippen molar-refractivity contribution in [3.05, 3.63) is 17.6 Å². The van der Waals surface area contributed by atoms with Crippen molar-refractivity contribution in [2.45, 2.75) is 50.2 Å². The molecule has 0 aliphatic heterocycles. The molecule has 0 atom stereocenters. The van der Waals surface area contributed by atoms with Crippen LogP contribution in [0.15, 0.2) is 15.4 Å². The fourth-order valence-corrected chi connectivity index (χ4v) is 3.77. The summed E-state index contributed by atoms with van der Waals surface area (Å²) in [4.78, 5) is 0.209. The molecule has 0 amide bonds. The van der Waals surface area contributed by atoms with Crippen molar-refractivity contribution in [2.75, 3.05) is 20.2 Å². The number of rotatable bonds is 8. The van der Waals surface area contributed by atoms with Gasteiger partial charge in [-0.3, -0.25) is 0 Å². The smallest absolute Gasteiger partial charge is 0.244 e. The van der Waals surface area contributed by atoms with E-state index in [0.29, 0.717) is 24.6 Å². The summed E-state index contributed by atoms with van der Waals surface area (Å²) in [5.74, 6) is 1.04. The molecule has 2 rings (SSSR count). The number of sulfonamides is 1. The Bertz CT molecular complexity index is 570. The van der Waals surface area contributed by atoms with Crippen LogP contribution in [0, 0.1) is 6.92 Å². The van der Waals surface area contributed by atoms with Gasteiger partial charge in [-0.15, -0.1) is 0 Å². The molecule has 0 radical (unpaired) electrons. The average molecular weight is 316 g/mol. The van der Waals surface area contributed by atoms with E-state index in [0.717, 1.165) is 25.8 Å². The SMILES string of the molecule is CCNCc1cc(S(=O)(=O)NCC2(OC)CCC2)c(C)o1. The Labute approximate surface area is 126 Å².